The van der Waals surface area contributed by atoms with Gasteiger partial charge < -0.3 is 0 Å². The molecule has 4 aromatic carbocycles. The maximum absolute atomic E-state index is 5.42. The monoisotopic (exact) mass is 480 g/mol. The van der Waals surface area contributed by atoms with Crippen LogP contribution in [0.25, 0.3) is 11.0 Å². The van der Waals surface area contributed by atoms with Crippen molar-refractivity contribution < 1.29 is 9.47 Å². The van der Waals surface area contributed by atoms with Crippen LogP contribution in [0.4, 0.5) is 0 Å². The second kappa shape index (κ2) is 9.13. The Labute approximate surface area is 206 Å². The van der Waals surface area contributed by atoms with E-state index in [4.69, 9.17) is 14.5 Å². The van der Waals surface area contributed by atoms with Gasteiger partial charge in [-0.15, -0.1) is 0 Å². The van der Waals surface area contributed by atoms with Gasteiger partial charge in [0, 0.05) is 0 Å². The summed E-state index contributed by atoms with van der Waals surface area (Å²) in [4.78, 5) is 9.30. The van der Waals surface area contributed by atoms with Crippen LogP contribution in [0.2, 0.25) is 0 Å². The molecule has 0 amide bonds. The molecule has 1 aromatic heterocycles. The van der Waals surface area contributed by atoms with Crippen molar-refractivity contribution in [1.82, 2.24) is 9.97 Å². The second-order valence-corrected chi connectivity index (χ2v) is 14.5. The molecule has 0 spiro atoms. The van der Waals surface area contributed by atoms with E-state index in [0.29, 0.717) is 11.8 Å². The zero-order valence-corrected chi connectivity index (χ0v) is 21.2. The SMILES string of the molecule is COc1nc2ccc(CP(C)(c3ccccc3)(c3ccccc3)c3ccccc3)cc2nc1OC. The van der Waals surface area contributed by atoms with Crippen LogP contribution < -0.4 is 25.4 Å². The first-order chi connectivity index (χ1) is 17.1. The van der Waals surface area contributed by atoms with E-state index in [9.17, 15) is 0 Å². The van der Waals surface area contributed by atoms with Gasteiger partial charge in [-0.1, -0.05) is 0 Å². The summed E-state index contributed by atoms with van der Waals surface area (Å²) in [6.07, 6.45) is 0.857. The Kier molecular flexibility index (Phi) is 6.00. The first kappa shape index (κ1) is 23.0. The standard InChI is InChI=1S/C30H29N2O2P/c1-33-29-30(34-2)32-28-21-23(19-20-27(28)31-29)22-35(3,24-13-7-4-8-14-24,25-15-9-5-10-16-25)26-17-11-6-12-18-26/h4-21H,22H2,1-3H3. The summed E-state index contributed by atoms with van der Waals surface area (Å²) >= 11 is 0. The molecule has 0 aliphatic rings. The van der Waals surface area contributed by atoms with Gasteiger partial charge in [0.1, 0.15) is 0 Å². The third kappa shape index (κ3) is 3.84. The number of aromatic nitrogens is 2. The molecule has 5 rings (SSSR count). The molecule has 4 nitrogen and oxygen atoms in total. The molecular formula is C30H29N2O2P. The molecule has 0 unspecified atom stereocenters. The predicted octanol–water partition coefficient (Wildman–Crippen LogP) is 5.31. The number of hydrogen-bond donors (Lipinski definition) is 0. The fourth-order valence-corrected chi connectivity index (χ4v) is 10.6. The van der Waals surface area contributed by atoms with Crippen molar-refractivity contribution >= 4 is 33.6 Å². The molecule has 0 N–H and O–H groups in total. The Balaban J connectivity index is 1.78. The molecule has 35 heavy (non-hydrogen) atoms. The zero-order chi connectivity index (χ0) is 24.3. The molecule has 1 heterocycles. The van der Waals surface area contributed by atoms with E-state index in [1.807, 2.05) is 6.07 Å². The average molecular weight is 481 g/mol. The van der Waals surface area contributed by atoms with E-state index < -0.39 is 6.60 Å². The van der Waals surface area contributed by atoms with E-state index in [0.717, 1.165) is 17.2 Å². The van der Waals surface area contributed by atoms with Gasteiger partial charge in [-0.2, -0.15) is 0 Å². The van der Waals surface area contributed by atoms with Crippen LogP contribution in [0, 0.1) is 0 Å². The normalized spacial score (nSPS) is 12.6. The van der Waals surface area contributed by atoms with Gasteiger partial charge in [-0.25, -0.2) is 0 Å². The summed E-state index contributed by atoms with van der Waals surface area (Å²) < 4.78 is 10.8. The first-order valence-corrected chi connectivity index (χ1v) is 14.5. The number of fused-ring (bicyclic) bond motifs is 1. The molecule has 0 radical (unpaired) electrons. The molecule has 0 fully saturated rings. The quantitative estimate of drug-likeness (QED) is 0.296. The van der Waals surface area contributed by atoms with Gasteiger partial charge in [0.05, 0.1) is 0 Å². The van der Waals surface area contributed by atoms with Crippen LogP contribution in [-0.2, 0) is 6.16 Å². The van der Waals surface area contributed by atoms with Crippen molar-refractivity contribution in [2.45, 2.75) is 6.16 Å². The van der Waals surface area contributed by atoms with Crippen molar-refractivity contribution in [3.05, 3.63) is 115 Å². The molecule has 176 valence electrons. The summed E-state index contributed by atoms with van der Waals surface area (Å²) in [5, 5.41) is 4.07. The molecule has 0 saturated heterocycles. The summed E-state index contributed by atoms with van der Waals surface area (Å²) in [7, 11) is 3.16. The second-order valence-electron chi connectivity index (χ2n) is 9.03. The Morgan fingerprint density at radius 1 is 0.571 bits per heavy atom. The number of methoxy groups -OCH3 is 2. The topological polar surface area (TPSA) is 44.2 Å². The molecule has 5 heteroatoms. The molecule has 0 aliphatic heterocycles. The number of nitrogens with zero attached hydrogens (tertiary/aromatic N) is 2. The Morgan fingerprint density at radius 3 is 1.43 bits per heavy atom. The van der Waals surface area contributed by atoms with Crippen molar-refractivity contribution in [3.63, 3.8) is 0 Å². The summed E-state index contributed by atoms with van der Waals surface area (Å²) in [6.45, 7) is -0.435. The van der Waals surface area contributed by atoms with Crippen LogP contribution in [0.3, 0.4) is 0 Å². The van der Waals surface area contributed by atoms with Crippen molar-refractivity contribution in [1.29, 1.82) is 0 Å². The fourth-order valence-electron chi connectivity index (χ4n) is 5.10. The van der Waals surface area contributed by atoms with E-state index in [1.165, 1.54) is 21.5 Å². The van der Waals surface area contributed by atoms with E-state index >= 15 is 0 Å². The van der Waals surface area contributed by atoms with Crippen LogP contribution >= 0.6 is 6.60 Å². The minimum atomic E-state index is -2.92. The number of rotatable bonds is 7. The summed E-state index contributed by atoms with van der Waals surface area (Å²) in [5.41, 5.74) is 2.78. The molecule has 5 aromatic rings. The summed E-state index contributed by atoms with van der Waals surface area (Å²) in [5.74, 6) is 0.779. The number of ether oxygens (including phenoxy) is 2. The van der Waals surface area contributed by atoms with Gasteiger partial charge in [0.15, 0.2) is 0 Å². The van der Waals surface area contributed by atoms with Gasteiger partial charge in [0.2, 0.25) is 0 Å². The van der Waals surface area contributed by atoms with Gasteiger partial charge in [0.25, 0.3) is 0 Å². The van der Waals surface area contributed by atoms with Crippen LogP contribution in [0.5, 0.6) is 11.8 Å². The van der Waals surface area contributed by atoms with E-state index in [-0.39, 0.29) is 0 Å². The Hall–Kier alpha value is -3.75. The van der Waals surface area contributed by atoms with Crippen molar-refractivity contribution in [3.8, 4) is 11.8 Å². The zero-order valence-electron chi connectivity index (χ0n) is 20.3. The molecular weight excluding hydrogens is 451 g/mol. The number of hydrogen-bond acceptors (Lipinski definition) is 4. The first-order valence-electron chi connectivity index (χ1n) is 11.6. The van der Waals surface area contributed by atoms with E-state index in [2.05, 4.69) is 115 Å². The van der Waals surface area contributed by atoms with Gasteiger partial charge in [-0.3, -0.25) is 0 Å². The third-order valence-corrected chi connectivity index (χ3v) is 13.2. The number of benzene rings is 4. The van der Waals surface area contributed by atoms with E-state index in [1.54, 1.807) is 14.2 Å². The van der Waals surface area contributed by atoms with Crippen LogP contribution in [-0.4, -0.2) is 30.9 Å². The predicted molar refractivity (Wildman–Crippen MR) is 147 cm³/mol. The van der Waals surface area contributed by atoms with Gasteiger partial charge >= 0.3 is 207 Å². The fraction of sp³-hybridized carbons (Fsp3) is 0.133. The molecule has 0 bridgehead atoms. The summed E-state index contributed by atoms with van der Waals surface area (Å²) in [6, 6.07) is 39.2. The van der Waals surface area contributed by atoms with Crippen LogP contribution in [0.15, 0.2) is 109 Å². The Morgan fingerprint density at radius 2 is 1.00 bits per heavy atom. The third-order valence-electron chi connectivity index (χ3n) is 7.00. The minimum absolute atomic E-state index is 0.389. The van der Waals surface area contributed by atoms with Crippen molar-refractivity contribution in [2.75, 3.05) is 20.9 Å². The average Bonchev–Trinajstić information content (AvgIpc) is 2.93. The molecule has 0 saturated carbocycles. The molecule has 0 atom stereocenters. The van der Waals surface area contributed by atoms with Gasteiger partial charge in [-0.05, 0) is 0 Å². The maximum atomic E-state index is 5.42. The Bertz CT molecular complexity index is 1360. The molecule has 0 aliphatic carbocycles. The van der Waals surface area contributed by atoms with Crippen LogP contribution in [0.1, 0.15) is 5.56 Å². The van der Waals surface area contributed by atoms with Crippen molar-refractivity contribution in [2.24, 2.45) is 0 Å².